The van der Waals surface area contributed by atoms with Crippen LogP contribution in [0.2, 0.25) is 0 Å². The molecule has 0 saturated carbocycles. The van der Waals surface area contributed by atoms with E-state index in [1.165, 1.54) is 6.07 Å². The van der Waals surface area contributed by atoms with Crippen LogP contribution < -0.4 is 10.9 Å². The third-order valence-electron chi connectivity index (χ3n) is 3.79. The summed E-state index contributed by atoms with van der Waals surface area (Å²) in [5, 5.41) is 7.71. The highest BCUT2D eigenvalue weighted by molar-refractivity contribution is 6.05. The predicted octanol–water partition coefficient (Wildman–Crippen LogP) is 1.50. The van der Waals surface area contributed by atoms with E-state index in [4.69, 9.17) is 0 Å². The highest BCUT2D eigenvalue weighted by Crippen LogP contribution is 2.15. The number of fused-ring (bicyclic) bond motifs is 2. The number of pyridine rings is 1. The SMILES string of the molecule is O=C(NCc1cnn2cccnc12)c1cc(=O)[nH]c2ccccc12. The monoisotopic (exact) mass is 319 g/mol. The zero-order chi connectivity index (χ0) is 16.5. The van der Waals surface area contributed by atoms with Crippen molar-refractivity contribution in [2.75, 3.05) is 0 Å². The topological polar surface area (TPSA) is 92.2 Å². The molecule has 0 aliphatic heterocycles. The maximum Gasteiger partial charge on any atom is 0.252 e. The number of aromatic amines is 1. The number of para-hydroxylation sites is 1. The molecule has 3 aromatic heterocycles. The molecule has 0 aliphatic rings. The van der Waals surface area contributed by atoms with E-state index in [1.54, 1.807) is 41.3 Å². The van der Waals surface area contributed by atoms with Crippen molar-refractivity contribution >= 4 is 22.5 Å². The van der Waals surface area contributed by atoms with E-state index in [0.717, 1.165) is 5.56 Å². The second kappa shape index (κ2) is 5.62. The van der Waals surface area contributed by atoms with E-state index in [0.29, 0.717) is 22.1 Å². The number of H-pyrrole nitrogens is 1. The summed E-state index contributed by atoms with van der Waals surface area (Å²) in [7, 11) is 0. The quantitative estimate of drug-likeness (QED) is 0.598. The molecule has 0 aliphatic carbocycles. The normalized spacial score (nSPS) is 11.0. The number of hydrogen-bond acceptors (Lipinski definition) is 4. The second-order valence-electron chi connectivity index (χ2n) is 5.33. The zero-order valence-electron chi connectivity index (χ0n) is 12.6. The molecule has 4 aromatic rings. The van der Waals surface area contributed by atoms with Gasteiger partial charge in [-0.2, -0.15) is 5.10 Å². The van der Waals surface area contributed by atoms with Gasteiger partial charge in [-0.3, -0.25) is 9.59 Å². The first-order valence-electron chi connectivity index (χ1n) is 7.40. The van der Waals surface area contributed by atoms with Gasteiger partial charge in [-0.05, 0) is 12.1 Å². The molecule has 0 fully saturated rings. The minimum absolute atomic E-state index is 0.278. The molecule has 7 heteroatoms. The summed E-state index contributed by atoms with van der Waals surface area (Å²) in [6.07, 6.45) is 5.13. The van der Waals surface area contributed by atoms with Gasteiger partial charge in [0.05, 0.1) is 11.8 Å². The molecular formula is C17H13N5O2. The van der Waals surface area contributed by atoms with Crippen molar-refractivity contribution in [2.45, 2.75) is 6.54 Å². The lowest BCUT2D eigenvalue weighted by atomic mass is 10.1. The van der Waals surface area contributed by atoms with E-state index >= 15 is 0 Å². The van der Waals surface area contributed by atoms with Crippen molar-refractivity contribution in [1.29, 1.82) is 0 Å². The number of carbonyl (C=O) groups excluding carboxylic acids is 1. The van der Waals surface area contributed by atoms with Crippen molar-refractivity contribution < 1.29 is 4.79 Å². The van der Waals surface area contributed by atoms with Gasteiger partial charge in [-0.1, -0.05) is 18.2 Å². The summed E-state index contributed by atoms with van der Waals surface area (Å²) in [5.41, 5.74) is 2.16. The van der Waals surface area contributed by atoms with Crippen molar-refractivity contribution in [1.82, 2.24) is 24.9 Å². The third kappa shape index (κ3) is 2.41. The average molecular weight is 319 g/mol. The molecule has 0 radical (unpaired) electrons. The van der Waals surface area contributed by atoms with Gasteiger partial charge in [0.15, 0.2) is 5.65 Å². The van der Waals surface area contributed by atoms with Crippen LogP contribution in [0.5, 0.6) is 0 Å². The lowest BCUT2D eigenvalue weighted by Crippen LogP contribution is -2.24. The summed E-state index contributed by atoms with van der Waals surface area (Å²) < 4.78 is 1.64. The summed E-state index contributed by atoms with van der Waals surface area (Å²) in [5.74, 6) is -0.312. The Morgan fingerprint density at radius 2 is 2.12 bits per heavy atom. The van der Waals surface area contributed by atoms with Crippen LogP contribution in [0.1, 0.15) is 15.9 Å². The number of aromatic nitrogens is 4. The second-order valence-corrected chi connectivity index (χ2v) is 5.33. The molecule has 1 amide bonds. The number of nitrogens with one attached hydrogen (secondary N) is 2. The van der Waals surface area contributed by atoms with Gasteiger partial charge in [0.2, 0.25) is 5.56 Å². The lowest BCUT2D eigenvalue weighted by molar-refractivity contribution is 0.0952. The summed E-state index contributed by atoms with van der Waals surface area (Å²) in [6, 6.07) is 10.3. The smallest absolute Gasteiger partial charge is 0.252 e. The highest BCUT2D eigenvalue weighted by Gasteiger charge is 2.12. The van der Waals surface area contributed by atoms with Crippen LogP contribution in [0, 0.1) is 0 Å². The first-order chi connectivity index (χ1) is 11.7. The van der Waals surface area contributed by atoms with E-state index in [9.17, 15) is 9.59 Å². The van der Waals surface area contributed by atoms with Crippen LogP contribution in [0.25, 0.3) is 16.6 Å². The van der Waals surface area contributed by atoms with Crippen molar-refractivity contribution in [2.24, 2.45) is 0 Å². The number of rotatable bonds is 3. The summed E-state index contributed by atoms with van der Waals surface area (Å²) in [4.78, 5) is 31.3. The first kappa shape index (κ1) is 14.1. The number of nitrogens with zero attached hydrogens (tertiary/aromatic N) is 3. The van der Waals surface area contributed by atoms with Crippen molar-refractivity contribution in [3.05, 3.63) is 76.5 Å². The number of carbonyl (C=O) groups is 1. The fourth-order valence-corrected chi connectivity index (χ4v) is 2.66. The fourth-order valence-electron chi connectivity index (χ4n) is 2.66. The molecular weight excluding hydrogens is 306 g/mol. The number of amides is 1. The number of benzene rings is 1. The Kier molecular flexibility index (Phi) is 3.31. The Morgan fingerprint density at radius 1 is 1.25 bits per heavy atom. The molecule has 0 atom stereocenters. The zero-order valence-corrected chi connectivity index (χ0v) is 12.6. The minimum atomic E-state index is -0.312. The Balaban J connectivity index is 1.64. The maximum absolute atomic E-state index is 12.5. The largest absolute Gasteiger partial charge is 0.348 e. The van der Waals surface area contributed by atoms with E-state index in [1.807, 2.05) is 12.1 Å². The molecule has 0 spiro atoms. The van der Waals surface area contributed by atoms with E-state index in [-0.39, 0.29) is 18.0 Å². The van der Waals surface area contributed by atoms with Crippen LogP contribution in [-0.4, -0.2) is 25.5 Å². The maximum atomic E-state index is 12.5. The van der Waals surface area contributed by atoms with Crippen molar-refractivity contribution in [3.8, 4) is 0 Å². The Labute approximate surface area is 136 Å². The summed E-state index contributed by atoms with van der Waals surface area (Å²) in [6.45, 7) is 0.278. The van der Waals surface area contributed by atoms with Crippen LogP contribution in [0.4, 0.5) is 0 Å². The van der Waals surface area contributed by atoms with Gasteiger partial charge in [-0.15, -0.1) is 0 Å². The van der Waals surface area contributed by atoms with Gasteiger partial charge in [0.1, 0.15) is 0 Å². The minimum Gasteiger partial charge on any atom is -0.348 e. The van der Waals surface area contributed by atoms with E-state index < -0.39 is 0 Å². The molecule has 4 rings (SSSR count). The molecule has 3 heterocycles. The molecule has 1 aromatic carbocycles. The Bertz CT molecular complexity index is 1110. The van der Waals surface area contributed by atoms with Gasteiger partial charge in [0.25, 0.3) is 5.91 Å². The summed E-state index contributed by atoms with van der Waals surface area (Å²) >= 11 is 0. The molecule has 2 N–H and O–H groups in total. The van der Waals surface area contributed by atoms with Crippen LogP contribution in [0.15, 0.2) is 59.8 Å². The van der Waals surface area contributed by atoms with Crippen LogP contribution in [0.3, 0.4) is 0 Å². The molecule has 118 valence electrons. The molecule has 24 heavy (non-hydrogen) atoms. The Hall–Kier alpha value is -3.48. The van der Waals surface area contributed by atoms with E-state index in [2.05, 4.69) is 20.4 Å². The van der Waals surface area contributed by atoms with Crippen LogP contribution in [-0.2, 0) is 6.54 Å². The Morgan fingerprint density at radius 3 is 3.04 bits per heavy atom. The predicted molar refractivity (Wildman–Crippen MR) is 88.7 cm³/mol. The molecule has 0 unspecified atom stereocenters. The average Bonchev–Trinajstić information content (AvgIpc) is 3.02. The molecule has 0 bridgehead atoms. The highest BCUT2D eigenvalue weighted by atomic mass is 16.2. The van der Waals surface area contributed by atoms with Gasteiger partial charge < -0.3 is 10.3 Å². The van der Waals surface area contributed by atoms with Crippen molar-refractivity contribution in [3.63, 3.8) is 0 Å². The van der Waals surface area contributed by atoms with Gasteiger partial charge >= 0.3 is 0 Å². The fraction of sp³-hybridized carbons (Fsp3) is 0.0588. The molecule has 7 nitrogen and oxygen atoms in total. The third-order valence-corrected chi connectivity index (χ3v) is 3.79. The lowest BCUT2D eigenvalue weighted by Gasteiger charge is -2.07. The van der Waals surface area contributed by atoms with Gasteiger partial charge in [-0.25, -0.2) is 9.50 Å². The van der Waals surface area contributed by atoms with Crippen LogP contribution >= 0.6 is 0 Å². The number of hydrogen-bond donors (Lipinski definition) is 2. The van der Waals surface area contributed by atoms with Gasteiger partial charge in [0, 0.05) is 41.5 Å². The first-order valence-corrected chi connectivity index (χ1v) is 7.40. The molecule has 0 saturated heterocycles. The standard InChI is InChI=1S/C17H13N5O2/c23-15-8-13(12-4-1-2-5-14(12)21-15)17(24)19-9-11-10-20-22-7-3-6-18-16(11)22/h1-8,10H,9H2,(H,19,24)(H,21,23).